The molecule has 0 atom stereocenters. The number of methoxy groups -OCH3 is 1. The van der Waals surface area contributed by atoms with E-state index in [0.29, 0.717) is 33.9 Å². The number of imidazole rings is 1. The molecule has 0 aliphatic heterocycles. The number of aliphatic hydroxyl groups is 1. The van der Waals surface area contributed by atoms with Gasteiger partial charge in [0.1, 0.15) is 5.75 Å². The molecule has 28 heavy (non-hydrogen) atoms. The van der Waals surface area contributed by atoms with Crippen molar-refractivity contribution in [2.24, 2.45) is 0 Å². The molecule has 8 heteroatoms. The van der Waals surface area contributed by atoms with Gasteiger partial charge in [-0.2, -0.15) is 0 Å². The number of para-hydroxylation sites is 2. The van der Waals surface area contributed by atoms with Gasteiger partial charge in [0.2, 0.25) is 5.91 Å². The molecule has 2 aromatic carbocycles. The molecule has 0 saturated heterocycles. The molecule has 2 N–H and O–H groups in total. The van der Waals surface area contributed by atoms with Crippen LogP contribution in [0.4, 0.5) is 5.69 Å². The zero-order valence-corrected chi connectivity index (χ0v) is 16.8. The Morgan fingerprint density at radius 1 is 1.25 bits per heavy atom. The first-order valence-electron chi connectivity index (χ1n) is 8.56. The van der Waals surface area contributed by atoms with Gasteiger partial charge in [-0.25, -0.2) is 4.98 Å². The normalized spacial score (nSPS) is 10.7. The van der Waals surface area contributed by atoms with Gasteiger partial charge >= 0.3 is 0 Å². The second-order valence-corrected chi connectivity index (χ2v) is 7.34. The van der Waals surface area contributed by atoms with E-state index in [1.807, 2.05) is 41.0 Å². The molecule has 3 rings (SSSR count). The molecule has 6 nitrogen and oxygen atoms in total. The SMILES string of the molecule is COc1ccccc1NC(=O)CSc1nc(CO)cn1Cc1ccc(Cl)cc1. The van der Waals surface area contributed by atoms with Crippen molar-refractivity contribution in [2.45, 2.75) is 18.3 Å². The highest BCUT2D eigenvalue weighted by Gasteiger charge is 2.13. The lowest BCUT2D eigenvalue weighted by atomic mass is 10.2. The fourth-order valence-electron chi connectivity index (χ4n) is 2.61. The van der Waals surface area contributed by atoms with Gasteiger partial charge in [0.15, 0.2) is 5.16 Å². The molecule has 1 heterocycles. The summed E-state index contributed by atoms with van der Waals surface area (Å²) in [4.78, 5) is 16.7. The molecule has 0 radical (unpaired) electrons. The summed E-state index contributed by atoms with van der Waals surface area (Å²) in [5.41, 5.74) is 2.23. The van der Waals surface area contributed by atoms with E-state index in [4.69, 9.17) is 16.3 Å². The number of ether oxygens (including phenoxy) is 1. The van der Waals surface area contributed by atoms with Crippen molar-refractivity contribution < 1.29 is 14.6 Å². The van der Waals surface area contributed by atoms with Crippen molar-refractivity contribution in [3.8, 4) is 5.75 Å². The van der Waals surface area contributed by atoms with Crippen LogP contribution < -0.4 is 10.1 Å². The lowest BCUT2D eigenvalue weighted by Gasteiger charge is -2.10. The Balaban J connectivity index is 1.67. The molecule has 3 aromatic rings. The van der Waals surface area contributed by atoms with Crippen molar-refractivity contribution in [2.75, 3.05) is 18.2 Å². The van der Waals surface area contributed by atoms with Crippen LogP contribution in [0.1, 0.15) is 11.3 Å². The van der Waals surface area contributed by atoms with Crippen LogP contribution in [0.2, 0.25) is 5.02 Å². The van der Waals surface area contributed by atoms with E-state index in [-0.39, 0.29) is 18.3 Å². The zero-order chi connectivity index (χ0) is 19.9. The summed E-state index contributed by atoms with van der Waals surface area (Å²) in [6.45, 7) is 0.412. The van der Waals surface area contributed by atoms with Crippen LogP contribution in [0.25, 0.3) is 0 Å². The Morgan fingerprint density at radius 2 is 2.00 bits per heavy atom. The predicted molar refractivity (Wildman–Crippen MR) is 111 cm³/mol. The van der Waals surface area contributed by atoms with Crippen molar-refractivity contribution in [3.05, 3.63) is 71.0 Å². The monoisotopic (exact) mass is 417 g/mol. The summed E-state index contributed by atoms with van der Waals surface area (Å²) in [7, 11) is 1.56. The lowest BCUT2D eigenvalue weighted by molar-refractivity contribution is -0.113. The number of carbonyl (C=O) groups excluding carboxylic acids is 1. The maximum atomic E-state index is 12.3. The van der Waals surface area contributed by atoms with Crippen LogP contribution in [0.15, 0.2) is 59.9 Å². The molecule has 0 unspecified atom stereocenters. The summed E-state index contributed by atoms with van der Waals surface area (Å²) < 4.78 is 7.16. The maximum absolute atomic E-state index is 12.3. The van der Waals surface area contributed by atoms with E-state index in [1.165, 1.54) is 11.8 Å². The van der Waals surface area contributed by atoms with Crippen molar-refractivity contribution in [1.29, 1.82) is 0 Å². The highest BCUT2D eigenvalue weighted by molar-refractivity contribution is 7.99. The standard InChI is InChI=1S/C20H20ClN3O3S/c1-27-18-5-3-2-4-17(18)23-19(26)13-28-20-22-16(12-25)11-24(20)10-14-6-8-15(21)9-7-14/h2-9,11,25H,10,12-13H2,1H3,(H,23,26). The highest BCUT2D eigenvalue weighted by Crippen LogP contribution is 2.24. The molecular weight excluding hydrogens is 398 g/mol. The van der Waals surface area contributed by atoms with Gasteiger partial charge in [0.05, 0.1) is 30.9 Å². The molecule has 146 valence electrons. The summed E-state index contributed by atoms with van der Waals surface area (Å²) in [6, 6.07) is 14.8. The summed E-state index contributed by atoms with van der Waals surface area (Å²) >= 11 is 7.24. The number of amides is 1. The number of aliphatic hydroxyl groups excluding tert-OH is 1. The van der Waals surface area contributed by atoms with Crippen LogP contribution in [0.5, 0.6) is 5.75 Å². The first-order valence-corrected chi connectivity index (χ1v) is 9.92. The van der Waals surface area contributed by atoms with Gasteiger partial charge in [-0.15, -0.1) is 0 Å². The summed E-state index contributed by atoms with van der Waals surface area (Å²) in [5, 5.41) is 13.6. The number of nitrogens with one attached hydrogen (secondary N) is 1. The van der Waals surface area contributed by atoms with Crippen molar-refractivity contribution >= 4 is 35.0 Å². The smallest absolute Gasteiger partial charge is 0.234 e. The third-order valence-corrected chi connectivity index (χ3v) is 5.17. The van der Waals surface area contributed by atoms with Crippen LogP contribution in [0.3, 0.4) is 0 Å². The number of nitrogens with zero attached hydrogens (tertiary/aromatic N) is 2. The molecule has 0 aliphatic rings. The van der Waals surface area contributed by atoms with Gasteiger partial charge in [0, 0.05) is 17.8 Å². The predicted octanol–water partition coefficient (Wildman–Crippen LogP) is 3.82. The third kappa shape index (κ3) is 5.28. The number of hydrogen-bond donors (Lipinski definition) is 2. The Kier molecular flexibility index (Phi) is 6.97. The molecule has 0 fully saturated rings. The third-order valence-electron chi connectivity index (χ3n) is 3.93. The van der Waals surface area contributed by atoms with Gasteiger partial charge in [-0.05, 0) is 29.8 Å². The second-order valence-electron chi connectivity index (χ2n) is 5.96. The molecule has 1 amide bonds. The zero-order valence-electron chi connectivity index (χ0n) is 15.3. The minimum Gasteiger partial charge on any atom is -0.495 e. The average Bonchev–Trinajstić information content (AvgIpc) is 3.10. The van der Waals surface area contributed by atoms with Crippen molar-refractivity contribution in [3.63, 3.8) is 0 Å². The molecule has 0 aliphatic carbocycles. The van der Waals surface area contributed by atoms with Gasteiger partial charge in [0.25, 0.3) is 0 Å². The van der Waals surface area contributed by atoms with E-state index < -0.39 is 0 Å². The quantitative estimate of drug-likeness (QED) is 0.545. The number of carbonyl (C=O) groups is 1. The van der Waals surface area contributed by atoms with E-state index >= 15 is 0 Å². The fraction of sp³-hybridized carbons (Fsp3) is 0.200. The largest absolute Gasteiger partial charge is 0.495 e. The number of rotatable bonds is 8. The second kappa shape index (κ2) is 9.64. The Labute approximate surface area is 172 Å². The van der Waals surface area contributed by atoms with E-state index in [2.05, 4.69) is 10.3 Å². The topological polar surface area (TPSA) is 76.4 Å². The first-order chi connectivity index (χ1) is 13.6. The van der Waals surface area contributed by atoms with E-state index in [1.54, 1.807) is 25.4 Å². The summed E-state index contributed by atoms with van der Waals surface area (Å²) in [5.74, 6) is 0.620. The summed E-state index contributed by atoms with van der Waals surface area (Å²) in [6.07, 6.45) is 1.79. The molecule has 0 saturated carbocycles. The van der Waals surface area contributed by atoms with E-state index in [0.717, 1.165) is 5.56 Å². The molecular formula is C20H20ClN3O3S. The minimum atomic E-state index is -0.166. The van der Waals surface area contributed by atoms with Gasteiger partial charge in [-0.1, -0.05) is 47.6 Å². The Morgan fingerprint density at radius 3 is 2.71 bits per heavy atom. The number of hydrogen-bond acceptors (Lipinski definition) is 5. The molecule has 0 bridgehead atoms. The average molecular weight is 418 g/mol. The van der Waals surface area contributed by atoms with E-state index in [9.17, 15) is 9.90 Å². The number of halogens is 1. The highest BCUT2D eigenvalue weighted by atomic mass is 35.5. The molecule has 0 spiro atoms. The number of thioether (sulfide) groups is 1. The van der Waals surface area contributed by atoms with Crippen LogP contribution in [-0.2, 0) is 17.9 Å². The van der Waals surface area contributed by atoms with Gasteiger partial charge < -0.3 is 19.7 Å². The Hall–Kier alpha value is -2.48. The number of aromatic nitrogens is 2. The number of benzene rings is 2. The fourth-order valence-corrected chi connectivity index (χ4v) is 3.53. The number of anilines is 1. The van der Waals surface area contributed by atoms with Crippen LogP contribution in [0, 0.1) is 0 Å². The van der Waals surface area contributed by atoms with Crippen molar-refractivity contribution in [1.82, 2.24) is 9.55 Å². The minimum absolute atomic E-state index is 0.158. The maximum Gasteiger partial charge on any atom is 0.234 e. The molecule has 1 aromatic heterocycles. The first kappa shape index (κ1) is 20.3. The van der Waals surface area contributed by atoms with Crippen LogP contribution in [-0.4, -0.2) is 33.4 Å². The Bertz CT molecular complexity index is 944. The van der Waals surface area contributed by atoms with Crippen LogP contribution >= 0.6 is 23.4 Å². The van der Waals surface area contributed by atoms with Gasteiger partial charge in [-0.3, -0.25) is 4.79 Å². The lowest BCUT2D eigenvalue weighted by Crippen LogP contribution is -2.15.